The topological polar surface area (TPSA) is 236 Å². The SMILES string of the molecule is C[C@@H]1O[C@H]2O[C@@H]3[C@@H](O)[C@H](C)O[C@H](O[C@H]([C@H]1O)[C@H]2O[C@]1(CO)OC[C@@H](O)[C@@H]1O)[C@@H]3O[C@]1(CO)OC[C@@H](O)[C@@H]1O. The summed E-state index contributed by atoms with van der Waals surface area (Å²) in [5, 5.41) is 83.0. The highest BCUT2D eigenvalue weighted by Gasteiger charge is 2.62. The third-order valence-corrected chi connectivity index (χ3v) is 7.84. The average Bonchev–Trinajstić information content (AvgIpc) is 3.34. The Morgan fingerprint density at radius 2 is 1.00 bits per heavy atom. The first kappa shape index (κ1) is 28.9. The van der Waals surface area contributed by atoms with E-state index in [1.165, 1.54) is 13.8 Å². The van der Waals surface area contributed by atoms with Gasteiger partial charge in [0.2, 0.25) is 11.6 Å². The van der Waals surface area contributed by atoms with Crippen LogP contribution < -0.4 is 0 Å². The molecular weight excluding hydrogens is 520 g/mol. The minimum Gasteiger partial charge on any atom is -0.391 e. The number of hydrogen-bond acceptors (Lipinski definition) is 16. The summed E-state index contributed by atoms with van der Waals surface area (Å²) in [4.78, 5) is 0. The van der Waals surface area contributed by atoms with Crippen molar-refractivity contribution in [2.45, 2.75) is 111 Å². The Morgan fingerprint density at radius 3 is 1.29 bits per heavy atom. The Labute approximate surface area is 217 Å². The molecule has 5 fully saturated rings. The fraction of sp³-hybridized carbons (Fsp3) is 1.00. The van der Waals surface area contributed by atoms with Gasteiger partial charge in [0.1, 0.15) is 74.3 Å². The van der Waals surface area contributed by atoms with E-state index in [0.717, 1.165) is 0 Å². The van der Waals surface area contributed by atoms with Crippen LogP contribution in [0, 0.1) is 0 Å². The highest BCUT2D eigenvalue weighted by molar-refractivity contribution is 5.02. The van der Waals surface area contributed by atoms with Gasteiger partial charge in [0.05, 0.1) is 25.4 Å². The summed E-state index contributed by atoms with van der Waals surface area (Å²) in [6.45, 7) is 0.634. The molecule has 0 aromatic carbocycles. The van der Waals surface area contributed by atoms with Gasteiger partial charge < -0.3 is 78.7 Å². The second-order valence-electron chi connectivity index (χ2n) is 10.4. The van der Waals surface area contributed by atoms with E-state index in [2.05, 4.69) is 0 Å². The molecule has 16 heteroatoms. The van der Waals surface area contributed by atoms with Gasteiger partial charge >= 0.3 is 0 Å². The standard InChI is InChI=1S/C22H36O16/c1-7-11(27)13-15(37-21(5-23)17(29)9(25)3-31-21)19(33-7)36-14-12(28)8(2)34-20(35-13)16(14)38-22(6-24)18(30)10(26)4-32-22/h7-20,23-30H,3-6H2,1-2H3/t7-,8-,9+,10+,11-,12-,13+,14+,15+,16+,17-,18-,19-,20+,21-,22-/m0/s1. The van der Waals surface area contributed by atoms with Crippen molar-refractivity contribution < 1.29 is 78.7 Å². The molecule has 4 bridgehead atoms. The maximum Gasteiger partial charge on any atom is 0.221 e. The van der Waals surface area contributed by atoms with E-state index in [4.69, 9.17) is 37.9 Å². The third-order valence-electron chi connectivity index (χ3n) is 7.84. The summed E-state index contributed by atoms with van der Waals surface area (Å²) in [6, 6.07) is 0. The van der Waals surface area contributed by atoms with E-state index in [1.54, 1.807) is 0 Å². The summed E-state index contributed by atoms with van der Waals surface area (Å²) < 4.78 is 46.5. The molecule has 0 unspecified atom stereocenters. The molecule has 0 saturated carbocycles. The second kappa shape index (κ2) is 10.6. The molecular formula is C22H36O16. The first-order valence-electron chi connectivity index (χ1n) is 12.5. The van der Waals surface area contributed by atoms with Crippen molar-refractivity contribution in [3.63, 3.8) is 0 Å². The predicted molar refractivity (Wildman–Crippen MR) is 116 cm³/mol. The van der Waals surface area contributed by atoms with Crippen LogP contribution in [0.5, 0.6) is 0 Å². The summed E-state index contributed by atoms with van der Waals surface area (Å²) >= 11 is 0. The molecule has 5 aliphatic heterocycles. The van der Waals surface area contributed by atoms with Crippen LogP contribution in [0.3, 0.4) is 0 Å². The van der Waals surface area contributed by atoms with Crippen LogP contribution in [0.2, 0.25) is 0 Å². The van der Waals surface area contributed by atoms with E-state index >= 15 is 0 Å². The number of aliphatic hydroxyl groups excluding tert-OH is 8. The Balaban J connectivity index is 1.49. The molecule has 8 N–H and O–H groups in total. The summed E-state index contributed by atoms with van der Waals surface area (Å²) in [5.41, 5.74) is 0. The van der Waals surface area contributed by atoms with Crippen molar-refractivity contribution >= 4 is 0 Å². The molecule has 16 nitrogen and oxygen atoms in total. The first-order chi connectivity index (χ1) is 18.0. The highest BCUT2D eigenvalue weighted by atomic mass is 16.8. The second-order valence-corrected chi connectivity index (χ2v) is 10.4. The van der Waals surface area contributed by atoms with Gasteiger partial charge in [-0.1, -0.05) is 0 Å². The van der Waals surface area contributed by atoms with E-state index in [9.17, 15) is 40.9 Å². The van der Waals surface area contributed by atoms with Crippen molar-refractivity contribution in [2.75, 3.05) is 26.4 Å². The van der Waals surface area contributed by atoms with Crippen LogP contribution >= 0.6 is 0 Å². The van der Waals surface area contributed by atoms with Crippen molar-refractivity contribution in [1.29, 1.82) is 0 Å². The Morgan fingerprint density at radius 1 is 0.632 bits per heavy atom. The van der Waals surface area contributed by atoms with Gasteiger partial charge in [-0.15, -0.1) is 0 Å². The summed E-state index contributed by atoms with van der Waals surface area (Å²) in [7, 11) is 0. The molecule has 0 aliphatic carbocycles. The Bertz CT molecular complexity index is 769. The van der Waals surface area contributed by atoms with Crippen LogP contribution in [0.4, 0.5) is 0 Å². The molecule has 5 heterocycles. The third kappa shape index (κ3) is 4.59. The zero-order chi connectivity index (χ0) is 27.6. The molecule has 5 rings (SSSR count). The number of rotatable bonds is 6. The quantitative estimate of drug-likeness (QED) is 0.152. The van der Waals surface area contributed by atoms with Gasteiger partial charge in [-0.05, 0) is 13.8 Å². The van der Waals surface area contributed by atoms with Crippen LogP contribution in [-0.4, -0.2) is 165 Å². The normalized spacial score (nSPS) is 57.0. The van der Waals surface area contributed by atoms with Gasteiger partial charge in [0.15, 0.2) is 12.6 Å². The lowest BCUT2D eigenvalue weighted by Crippen LogP contribution is -2.71. The van der Waals surface area contributed by atoms with Crippen LogP contribution in [0.15, 0.2) is 0 Å². The molecule has 5 saturated heterocycles. The van der Waals surface area contributed by atoms with Gasteiger partial charge in [0.25, 0.3) is 0 Å². The lowest BCUT2D eigenvalue weighted by Gasteiger charge is -2.54. The predicted octanol–water partition coefficient (Wildman–Crippen LogP) is -5.37. The smallest absolute Gasteiger partial charge is 0.221 e. The molecule has 0 amide bonds. The molecule has 0 aromatic heterocycles. The lowest BCUT2D eigenvalue weighted by molar-refractivity contribution is -0.443. The highest BCUT2D eigenvalue weighted by Crippen LogP contribution is 2.42. The maximum atomic E-state index is 11.0. The molecule has 220 valence electrons. The summed E-state index contributed by atoms with van der Waals surface area (Å²) in [6.07, 6.45) is -18.8. The van der Waals surface area contributed by atoms with E-state index < -0.39 is 111 Å². The fourth-order valence-corrected chi connectivity index (χ4v) is 5.47. The van der Waals surface area contributed by atoms with Crippen LogP contribution in [0.1, 0.15) is 13.8 Å². The van der Waals surface area contributed by atoms with Gasteiger partial charge in [-0.3, -0.25) is 0 Å². The Kier molecular flexibility index (Phi) is 8.09. The molecule has 5 aliphatic rings. The maximum absolute atomic E-state index is 11.0. The number of fused-ring (bicyclic) bond motifs is 4. The zero-order valence-electron chi connectivity index (χ0n) is 20.8. The van der Waals surface area contributed by atoms with E-state index in [1.807, 2.05) is 0 Å². The van der Waals surface area contributed by atoms with Crippen LogP contribution in [0.25, 0.3) is 0 Å². The van der Waals surface area contributed by atoms with Crippen molar-refractivity contribution in [2.24, 2.45) is 0 Å². The van der Waals surface area contributed by atoms with E-state index in [-0.39, 0.29) is 13.2 Å². The molecule has 16 atom stereocenters. The minimum atomic E-state index is -2.10. The Hall–Kier alpha value is -0.640. The monoisotopic (exact) mass is 556 g/mol. The first-order valence-corrected chi connectivity index (χ1v) is 12.5. The molecule has 38 heavy (non-hydrogen) atoms. The zero-order valence-corrected chi connectivity index (χ0v) is 20.8. The molecule has 0 spiro atoms. The van der Waals surface area contributed by atoms with Gasteiger partial charge in [-0.25, -0.2) is 0 Å². The van der Waals surface area contributed by atoms with Gasteiger partial charge in [0, 0.05) is 0 Å². The van der Waals surface area contributed by atoms with Crippen molar-refractivity contribution in [3.05, 3.63) is 0 Å². The molecule has 0 aromatic rings. The largest absolute Gasteiger partial charge is 0.391 e. The molecule has 0 radical (unpaired) electrons. The average molecular weight is 557 g/mol. The minimum absolute atomic E-state index is 0.344. The number of hydrogen-bond donors (Lipinski definition) is 8. The lowest BCUT2D eigenvalue weighted by atomic mass is 9.94. The summed E-state index contributed by atoms with van der Waals surface area (Å²) in [5.74, 6) is -4.21. The number of aliphatic hydroxyl groups is 8. The van der Waals surface area contributed by atoms with Crippen molar-refractivity contribution in [1.82, 2.24) is 0 Å². The van der Waals surface area contributed by atoms with Crippen molar-refractivity contribution in [3.8, 4) is 0 Å². The van der Waals surface area contributed by atoms with E-state index in [0.29, 0.717) is 0 Å². The van der Waals surface area contributed by atoms with Crippen LogP contribution in [-0.2, 0) is 37.9 Å². The number of ether oxygens (including phenoxy) is 8. The fourth-order valence-electron chi connectivity index (χ4n) is 5.47. The van der Waals surface area contributed by atoms with Gasteiger partial charge in [-0.2, -0.15) is 0 Å².